The summed E-state index contributed by atoms with van der Waals surface area (Å²) in [6, 6.07) is 0. The number of nitrogens with zero attached hydrogens (tertiary/aromatic N) is 1. The molecule has 0 saturated carbocycles. The molecule has 0 saturated heterocycles. The van der Waals surface area contributed by atoms with Crippen molar-refractivity contribution >= 4 is 11.8 Å². The number of carbonyl (C=O) groups is 2. The normalized spacial score (nSPS) is 17.5. The van der Waals surface area contributed by atoms with Gasteiger partial charge in [0.25, 0.3) is 0 Å². The van der Waals surface area contributed by atoms with Crippen LogP contribution in [-0.4, -0.2) is 34.9 Å². The molecule has 0 aromatic rings. The molecule has 0 aliphatic heterocycles. The summed E-state index contributed by atoms with van der Waals surface area (Å²) in [5, 5.41) is 20.2. The maximum atomic E-state index is 11.7. The average molecular weight is 257 g/mol. The van der Waals surface area contributed by atoms with E-state index in [0.29, 0.717) is 6.42 Å². The Morgan fingerprint density at radius 2 is 2.22 bits per heavy atom. The first-order valence-corrected chi connectivity index (χ1v) is 5.71. The maximum Gasteiger partial charge on any atom is 0.320 e. The summed E-state index contributed by atoms with van der Waals surface area (Å²) in [5.41, 5.74) is -0.156. The topological polar surface area (TPSA) is 107 Å². The van der Waals surface area contributed by atoms with Crippen LogP contribution in [0, 0.1) is 16.0 Å². The van der Waals surface area contributed by atoms with Crippen LogP contribution < -0.4 is 0 Å². The van der Waals surface area contributed by atoms with Crippen molar-refractivity contribution in [1.29, 1.82) is 0 Å². The molecular formula is C11H15NO6. The fourth-order valence-corrected chi connectivity index (χ4v) is 1.92. The molecule has 7 heteroatoms. The highest BCUT2D eigenvalue weighted by molar-refractivity contribution is 6.01. The second-order valence-corrected chi connectivity index (χ2v) is 3.96. The number of nitro groups is 1. The minimum atomic E-state index is -1.31. The van der Waals surface area contributed by atoms with Crippen LogP contribution in [0.2, 0.25) is 0 Å². The Morgan fingerprint density at radius 3 is 2.72 bits per heavy atom. The molecule has 0 fully saturated rings. The van der Waals surface area contributed by atoms with Gasteiger partial charge in [0.1, 0.15) is 5.76 Å². The number of esters is 1. The third kappa shape index (κ3) is 3.28. The van der Waals surface area contributed by atoms with Crippen molar-refractivity contribution in [2.45, 2.75) is 26.2 Å². The number of Topliss-reactive ketones (excluding diaryl/α,β-unsaturated/α-hetero) is 1. The number of rotatable bonds is 5. The standard InChI is InChI=1S/C11H15NO6/c1-2-18-11(15)7(6-12(16)17)10-8(13)4-3-5-9(10)14/h7,13H,2-6H2,1H3. The Morgan fingerprint density at radius 1 is 1.56 bits per heavy atom. The largest absolute Gasteiger partial charge is 0.512 e. The van der Waals surface area contributed by atoms with Crippen LogP contribution in [0.3, 0.4) is 0 Å². The Bertz CT molecular complexity index is 400. The number of carbonyl (C=O) groups excluding carboxylic acids is 2. The summed E-state index contributed by atoms with van der Waals surface area (Å²) in [6.07, 6.45) is 0.934. The molecule has 0 radical (unpaired) electrons. The van der Waals surface area contributed by atoms with E-state index in [1.807, 2.05) is 0 Å². The predicted molar refractivity (Wildman–Crippen MR) is 60.5 cm³/mol. The highest BCUT2D eigenvalue weighted by Gasteiger charge is 2.37. The molecule has 0 amide bonds. The van der Waals surface area contributed by atoms with E-state index >= 15 is 0 Å². The van der Waals surface area contributed by atoms with Crippen LogP contribution in [0.15, 0.2) is 11.3 Å². The number of hydrogen-bond acceptors (Lipinski definition) is 6. The zero-order valence-corrected chi connectivity index (χ0v) is 10.0. The van der Waals surface area contributed by atoms with Gasteiger partial charge in [-0.25, -0.2) is 0 Å². The van der Waals surface area contributed by atoms with E-state index in [-0.39, 0.29) is 30.8 Å². The molecule has 0 spiro atoms. The van der Waals surface area contributed by atoms with Gasteiger partial charge >= 0.3 is 5.97 Å². The van der Waals surface area contributed by atoms with Gasteiger partial charge in [0.15, 0.2) is 11.7 Å². The predicted octanol–water partition coefficient (Wildman–Crippen LogP) is 1.01. The van der Waals surface area contributed by atoms with Gasteiger partial charge in [-0.1, -0.05) is 0 Å². The third-order valence-corrected chi connectivity index (χ3v) is 2.68. The molecule has 0 aromatic carbocycles. The average Bonchev–Trinajstić information content (AvgIpc) is 2.27. The molecule has 1 N–H and O–H groups in total. The maximum absolute atomic E-state index is 11.7. The lowest BCUT2D eigenvalue weighted by Gasteiger charge is -2.19. The lowest BCUT2D eigenvalue weighted by molar-refractivity contribution is -0.484. The molecular weight excluding hydrogens is 242 g/mol. The van der Waals surface area contributed by atoms with E-state index < -0.39 is 29.1 Å². The summed E-state index contributed by atoms with van der Waals surface area (Å²) in [5.74, 6) is -2.80. The van der Waals surface area contributed by atoms with Crippen LogP contribution in [0.25, 0.3) is 0 Å². The summed E-state index contributed by atoms with van der Waals surface area (Å²) >= 11 is 0. The van der Waals surface area contributed by atoms with Crippen molar-refractivity contribution in [1.82, 2.24) is 0 Å². The SMILES string of the molecule is CCOC(=O)C(C[N+](=O)[O-])C1=C(O)CCCC1=O. The van der Waals surface area contributed by atoms with Gasteiger partial charge in [-0.3, -0.25) is 19.7 Å². The van der Waals surface area contributed by atoms with Crippen molar-refractivity contribution in [2.24, 2.45) is 5.92 Å². The van der Waals surface area contributed by atoms with Gasteiger partial charge in [0.05, 0.1) is 12.2 Å². The quantitative estimate of drug-likeness (QED) is 0.447. The fourth-order valence-electron chi connectivity index (χ4n) is 1.92. The van der Waals surface area contributed by atoms with E-state index in [1.165, 1.54) is 0 Å². The lowest BCUT2D eigenvalue weighted by Crippen LogP contribution is -2.32. The Hall–Kier alpha value is -1.92. The summed E-state index contributed by atoms with van der Waals surface area (Å²) in [6.45, 7) is 0.886. The van der Waals surface area contributed by atoms with Gasteiger partial charge < -0.3 is 9.84 Å². The number of hydrogen-bond donors (Lipinski definition) is 1. The van der Waals surface area contributed by atoms with E-state index in [9.17, 15) is 24.8 Å². The molecule has 1 rings (SSSR count). The molecule has 1 unspecified atom stereocenters. The number of ketones is 1. The van der Waals surface area contributed by atoms with Crippen molar-refractivity contribution in [2.75, 3.05) is 13.2 Å². The zero-order chi connectivity index (χ0) is 13.7. The second kappa shape index (κ2) is 6.13. The van der Waals surface area contributed by atoms with Gasteiger partial charge in [-0.2, -0.15) is 0 Å². The minimum absolute atomic E-state index is 0.0648. The minimum Gasteiger partial charge on any atom is -0.512 e. The highest BCUT2D eigenvalue weighted by atomic mass is 16.6. The van der Waals surface area contributed by atoms with Crippen LogP contribution in [0.4, 0.5) is 0 Å². The van der Waals surface area contributed by atoms with Crippen molar-refractivity contribution in [3.05, 3.63) is 21.4 Å². The lowest BCUT2D eigenvalue weighted by atomic mass is 9.86. The fraction of sp³-hybridized carbons (Fsp3) is 0.636. The highest BCUT2D eigenvalue weighted by Crippen LogP contribution is 2.27. The Balaban J connectivity index is 3.04. The Labute approximate surface area is 104 Å². The van der Waals surface area contributed by atoms with Crippen molar-refractivity contribution in [3.63, 3.8) is 0 Å². The van der Waals surface area contributed by atoms with Crippen molar-refractivity contribution in [3.8, 4) is 0 Å². The Kier molecular flexibility index (Phi) is 4.82. The van der Waals surface area contributed by atoms with Crippen LogP contribution >= 0.6 is 0 Å². The second-order valence-electron chi connectivity index (χ2n) is 3.96. The van der Waals surface area contributed by atoms with Crippen LogP contribution in [-0.2, 0) is 14.3 Å². The molecule has 1 aliphatic rings. The molecule has 100 valence electrons. The van der Waals surface area contributed by atoms with E-state index in [1.54, 1.807) is 6.92 Å². The number of aliphatic hydroxyl groups is 1. The van der Waals surface area contributed by atoms with Crippen molar-refractivity contribution < 1.29 is 24.4 Å². The number of aliphatic hydroxyl groups excluding tert-OH is 1. The summed E-state index contributed by atoms with van der Waals surface area (Å²) in [7, 11) is 0. The zero-order valence-electron chi connectivity index (χ0n) is 10.0. The summed E-state index contributed by atoms with van der Waals surface area (Å²) < 4.78 is 4.71. The smallest absolute Gasteiger partial charge is 0.320 e. The first kappa shape index (κ1) is 14.1. The van der Waals surface area contributed by atoms with Gasteiger partial charge in [-0.05, 0) is 13.3 Å². The first-order chi connectivity index (χ1) is 8.47. The van der Waals surface area contributed by atoms with E-state index in [2.05, 4.69) is 0 Å². The molecule has 18 heavy (non-hydrogen) atoms. The van der Waals surface area contributed by atoms with Crippen LogP contribution in [0.1, 0.15) is 26.2 Å². The molecule has 1 atom stereocenters. The molecule has 7 nitrogen and oxygen atoms in total. The van der Waals surface area contributed by atoms with E-state index in [0.717, 1.165) is 0 Å². The van der Waals surface area contributed by atoms with E-state index in [4.69, 9.17) is 4.74 Å². The molecule has 0 bridgehead atoms. The number of ether oxygens (including phenoxy) is 1. The van der Waals surface area contributed by atoms with Crippen LogP contribution in [0.5, 0.6) is 0 Å². The summed E-state index contributed by atoms with van der Waals surface area (Å²) in [4.78, 5) is 33.2. The molecule has 0 aromatic heterocycles. The monoisotopic (exact) mass is 257 g/mol. The molecule has 0 heterocycles. The number of allylic oxidation sites excluding steroid dienone is 1. The molecule has 1 aliphatic carbocycles. The first-order valence-electron chi connectivity index (χ1n) is 5.71. The van der Waals surface area contributed by atoms with Gasteiger partial charge in [0.2, 0.25) is 6.54 Å². The third-order valence-electron chi connectivity index (χ3n) is 2.68. The van der Waals surface area contributed by atoms with Gasteiger partial charge in [-0.15, -0.1) is 0 Å². The van der Waals surface area contributed by atoms with Gasteiger partial charge in [0, 0.05) is 17.8 Å².